The summed E-state index contributed by atoms with van der Waals surface area (Å²) < 4.78 is 11.3. The third-order valence-corrected chi connectivity index (χ3v) is 5.19. The van der Waals surface area contributed by atoms with Gasteiger partial charge in [-0.25, -0.2) is 4.98 Å². The van der Waals surface area contributed by atoms with Crippen molar-refractivity contribution >= 4 is 49.9 Å². The van der Waals surface area contributed by atoms with Gasteiger partial charge in [0.05, 0.1) is 22.8 Å². The number of non-ortho nitro benzene ring substituents is 1. The number of benzene rings is 2. The van der Waals surface area contributed by atoms with Crippen molar-refractivity contribution in [1.29, 1.82) is 0 Å². The molecule has 0 radical (unpaired) electrons. The number of carbonyl (C=O) groups excluding carboxylic acids is 1. The van der Waals surface area contributed by atoms with Crippen molar-refractivity contribution in [2.24, 2.45) is 0 Å². The largest absolute Gasteiger partial charge is 0.494 e. The lowest BCUT2D eigenvalue weighted by atomic mass is 10.2. The zero-order valence-electron chi connectivity index (χ0n) is 14.8. The molecule has 0 unspecified atom stereocenters. The van der Waals surface area contributed by atoms with E-state index in [1.54, 1.807) is 30.3 Å². The van der Waals surface area contributed by atoms with Crippen molar-refractivity contribution in [3.8, 4) is 17.1 Å². The molecule has 146 valence electrons. The van der Waals surface area contributed by atoms with Gasteiger partial charge in [-0.1, -0.05) is 35.1 Å². The van der Waals surface area contributed by atoms with Crippen LogP contribution in [0.4, 0.5) is 10.8 Å². The molecule has 2 aromatic carbocycles. The van der Waals surface area contributed by atoms with Crippen LogP contribution in [0.5, 0.6) is 5.75 Å². The van der Waals surface area contributed by atoms with Gasteiger partial charge in [-0.15, -0.1) is 0 Å². The second kappa shape index (κ2) is 7.53. The molecule has 0 spiro atoms. The van der Waals surface area contributed by atoms with Crippen LogP contribution < -0.4 is 10.1 Å². The fraction of sp³-hybridized carbons (Fsp3) is 0.0526. The number of ether oxygens (including phenoxy) is 1. The molecule has 1 amide bonds. The van der Waals surface area contributed by atoms with Gasteiger partial charge in [-0.05, 0) is 24.3 Å². The number of carbonyl (C=O) groups is 1. The van der Waals surface area contributed by atoms with Crippen LogP contribution in [0, 0.1) is 10.1 Å². The molecule has 0 saturated carbocycles. The minimum atomic E-state index is -0.514. The predicted octanol–water partition coefficient (Wildman–Crippen LogP) is 5.38. The van der Waals surface area contributed by atoms with Gasteiger partial charge in [0.2, 0.25) is 0 Å². The Morgan fingerprint density at radius 2 is 2.10 bits per heavy atom. The van der Waals surface area contributed by atoms with E-state index in [0.29, 0.717) is 21.0 Å². The second-order valence-corrected chi connectivity index (χ2v) is 7.37. The van der Waals surface area contributed by atoms with Crippen LogP contribution in [0.3, 0.4) is 0 Å². The topological polar surface area (TPSA) is 108 Å². The van der Waals surface area contributed by atoms with Gasteiger partial charge >= 0.3 is 0 Å². The number of methoxy groups -OCH3 is 1. The van der Waals surface area contributed by atoms with Gasteiger partial charge in [-0.3, -0.25) is 20.2 Å². The van der Waals surface area contributed by atoms with Crippen molar-refractivity contribution in [3.63, 3.8) is 0 Å². The maximum absolute atomic E-state index is 12.5. The van der Waals surface area contributed by atoms with Crippen molar-refractivity contribution < 1.29 is 18.9 Å². The zero-order chi connectivity index (χ0) is 20.5. The number of hydrogen-bond donors (Lipinski definition) is 1. The number of nitrogens with zero attached hydrogens (tertiary/aromatic N) is 2. The van der Waals surface area contributed by atoms with E-state index >= 15 is 0 Å². The van der Waals surface area contributed by atoms with E-state index in [1.807, 2.05) is 6.07 Å². The number of thiazole rings is 1. The van der Waals surface area contributed by atoms with Gasteiger partial charge in [-0.2, -0.15) is 0 Å². The second-order valence-electron chi connectivity index (χ2n) is 5.90. The molecule has 4 rings (SSSR count). The Bertz CT molecular complexity index is 1250. The van der Waals surface area contributed by atoms with Gasteiger partial charge < -0.3 is 9.15 Å². The third-order valence-electron chi connectivity index (χ3n) is 4.03. The molecule has 2 aromatic heterocycles. The van der Waals surface area contributed by atoms with E-state index in [2.05, 4.69) is 10.3 Å². The Morgan fingerprint density at radius 3 is 2.83 bits per heavy atom. The highest BCUT2D eigenvalue weighted by molar-refractivity contribution is 7.22. The van der Waals surface area contributed by atoms with E-state index < -0.39 is 10.8 Å². The Morgan fingerprint density at radius 1 is 1.28 bits per heavy atom. The maximum atomic E-state index is 12.5. The first-order chi connectivity index (χ1) is 13.9. The SMILES string of the molecule is COc1cc([N+](=O)[O-])cc2sc(NC(=O)c3ccc(-c4cccc(Cl)c4)o3)nc12. The van der Waals surface area contributed by atoms with Gasteiger partial charge in [0, 0.05) is 16.7 Å². The van der Waals surface area contributed by atoms with E-state index in [4.69, 9.17) is 20.8 Å². The molecule has 8 nitrogen and oxygen atoms in total. The van der Waals surface area contributed by atoms with E-state index in [0.717, 1.165) is 16.9 Å². The lowest BCUT2D eigenvalue weighted by molar-refractivity contribution is -0.384. The zero-order valence-corrected chi connectivity index (χ0v) is 16.4. The van der Waals surface area contributed by atoms with Gasteiger partial charge in [0.15, 0.2) is 16.6 Å². The van der Waals surface area contributed by atoms with E-state index in [1.165, 1.54) is 19.2 Å². The lowest BCUT2D eigenvalue weighted by Crippen LogP contribution is -2.10. The predicted molar refractivity (Wildman–Crippen MR) is 110 cm³/mol. The Hall–Kier alpha value is -3.43. The molecule has 2 heterocycles. The monoisotopic (exact) mass is 429 g/mol. The average Bonchev–Trinajstić information content (AvgIpc) is 3.34. The molecule has 0 aliphatic carbocycles. The number of halogens is 1. The summed E-state index contributed by atoms with van der Waals surface area (Å²) in [5, 5.41) is 14.5. The minimum Gasteiger partial charge on any atom is -0.494 e. The number of nitrogens with one attached hydrogen (secondary N) is 1. The number of nitro benzene ring substituents is 1. The van der Waals surface area contributed by atoms with Crippen LogP contribution in [0.15, 0.2) is 52.9 Å². The number of furan rings is 1. The first kappa shape index (κ1) is 18.9. The van der Waals surface area contributed by atoms with Gasteiger partial charge in [0.1, 0.15) is 11.3 Å². The Balaban J connectivity index is 1.60. The van der Waals surface area contributed by atoms with Crippen molar-refractivity contribution in [2.75, 3.05) is 12.4 Å². The maximum Gasteiger partial charge on any atom is 0.293 e. The fourth-order valence-corrected chi connectivity index (χ4v) is 3.82. The Labute approximate surface area is 172 Å². The highest BCUT2D eigenvalue weighted by atomic mass is 35.5. The molecular formula is C19H12ClN3O5S. The minimum absolute atomic E-state index is 0.0946. The van der Waals surface area contributed by atoms with Crippen LogP contribution in [0.2, 0.25) is 5.02 Å². The number of fused-ring (bicyclic) bond motifs is 1. The summed E-state index contributed by atoms with van der Waals surface area (Å²) in [6.45, 7) is 0. The van der Waals surface area contributed by atoms with Crippen LogP contribution >= 0.6 is 22.9 Å². The van der Waals surface area contributed by atoms with Crippen molar-refractivity contribution in [3.05, 3.63) is 69.4 Å². The summed E-state index contributed by atoms with van der Waals surface area (Å²) in [5.74, 6) is 0.356. The van der Waals surface area contributed by atoms with Crippen LogP contribution in [0.1, 0.15) is 10.6 Å². The number of anilines is 1. The molecule has 1 N–H and O–H groups in total. The van der Waals surface area contributed by atoms with Gasteiger partial charge in [0.25, 0.3) is 11.6 Å². The summed E-state index contributed by atoms with van der Waals surface area (Å²) >= 11 is 7.09. The average molecular weight is 430 g/mol. The van der Waals surface area contributed by atoms with Crippen LogP contribution in [-0.2, 0) is 0 Å². The van der Waals surface area contributed by atoms with E-state index in [9.17, 15) is 14.9 Å². The lowest BCUT2D eigenvalue weighted by Gasteiger charge is -2.00. The molecule has 4 aromatic rings. The molecule has 10 heteroatoms. The van der Waals surface area contributed by atoms with Crippen LogP contribution in [-0.4, -0.2) is 22.9 Å². The number of rotatable bonds is 5. The number of amides is 1. The number of nitro groups is 1. The number of aromatic nitrogens is 1. The molecule has 0 aliphatic heterocycles. The highest BCUT2D eigenvalue weighted by Crippen LogP contribution is 2.36. The van der Waals surface area contributed by atoms with Crippen LogP contribution in [0.25, 0.3) is 21.5 Å². The summed E-state index contributed by atoms with van der Waals surface area (Å²) in [5.41, 5.74) is 1.05. The first-order valence-corrected chi connectivity index (χ1v) is 9.44. The molecular weight excluding hydrogens is 418 g/mol. The summed E-state index contributed by atoms with van der Waals surface area (Å²) in [6, 6.07) is 13.0. The highest BCUT2D eigenvalue weighted by Gasteiger charge is 2.19. The molecule has 0 atom stereocenters. The summed E-state index contributed by atoms with van der Waals surface area (Å²) in [7, 11) is 1.40. The van der Waals surface area contributed by atoms with Crippen molar-refractivity contribution in [2.45, 2.75) is 0 Å². The summed E-state index contributed by atoms with van der Waals surface area (Å²) in [4.78, 5) is 27.4. The molecule has 0 aliphatic rings. The quantitative estimate of drug-likeness (QED) is 0.337. The molecule has 29 heavy (non-hydrogen) atoms. The fourth-order valence-electron chi connectivity index (χ4n) is 2.71. The molecule has 0 saturated heterocycles. The molecule has 0 fully saturated rings. The number of hydrogen-bond acceptors (Lipinski definition) is 7. The standard InChI is InChI=1S/C19H12ClN3O5S/c1-27-15-8-12(23(25)26)9-16-17(15)21-19(29-16)22-18(24)14-6-5-13(28-14)10-3-2-4-11(20)7-10/h2-9H,1H3,(H,21,22,24). The Kier molecular flexibility index (Phi) is 4.91. The molecule has 0 bridgehead atoms. The first-order valence-electron chi connectivity index (χ1n) is 8.24. The summed E-state index contributed by atoms with van der Waals surface area (Å²) in [6.07, 6.45) is 0. The van der Waals surface area contributed by atoms with E-state index in [-0.39, 0.29) is 22.3 Å². The van der Waals surface area contributed by atoms with Crippen molar-refractivity contribution in [1.82, 2.24) is 4.98 Å². The normalized spacial score (nSPS) is 10.8. The third kappa shape index (κ3) is 3.78. The smallest absolute Gasteiger partial charge is 0.293 e.